The molecule has 1 atom stereocenters. The zero-order chi connectivity index (χ0) is 13.8. The number of aromatic nitrogens is 6. The molecular formula is C11H16ClN7. The molecular weight excluding hydrogens is 266 g/mol. The Morgan fingerprint density at radius 2 is 2.16 bits per heavy atom. The summed E-state index contributed by atoms with van der Waals surface area (Å²) in [6.45, 7) is 5.88. The van der Waals surface area contributed by atoms with Gasteiger partial charge in [0.05, 0.1) is 6.04 Å². The van der Waals surface area contributed by atoms with Crippen molar-refractivity contribution in [3.8, 4) is 0 Å². The fourth-order valence-corrected chi connectivity index (χ4v) is 1.82. The first-order valence-electron chi connectivity index (χ1n) is 6.14. The highest BCUT2D eigenvalue weighted by atomic mass is 35.5. The molecule has 0 saturated carbocycles. The monoisotopic (exact) mass is 281 g/mol. The Morgan fingerprint density at radius 3 is 2.79 bits per heavy atom. The van der Waals surface area contributed by atoms with Gasteiger partial charge in [-0.2, -0.15) is 5.21 Å². The van der Waals surface area contributed by atoms with Crippen molar-refractivity contribution >= 4 is 17.4 Å². The minimum Gasteiger partial charge on any atom is -0.360 e. The highest BCUT2D eigenvalue weighted by Gasteiger charge is 2.15. The zero-order valence-corrected chi connectivity index (χ0v) is 11.9. The van der Waals surface area contributed by atoms with Crippen molar-refractivity contribution in [1.82, 2.24) is 30.6 Å². The Balaban J connectivity index is 2.23. The molecule has 0 saturated heterocycles. The summed E-state index contributed by atoms with van der Waals surface area (Å²) in [7, 11) is 0. The molecule has 0 amide bonds. The lowest BCUT2D eigenvalue weighted by Crippen LogP contribution is -2.13. The van der Waals surface area contributed by atoms with Crippen LogP contribution in [-0.4, -0.2) is 30.6 Å². The van der Waals surface area contributed by atoms with E-state index in [4.69, 9.17) is 11.6 Å². The predicted octanol–water partition coefficient (Wildman–Crippen LogP) is 2.08. The molecule has 102 valence electrons. The first-order chi connectivity index (χ1) is 9.11. The fraction of sp³-hybridized carbons (Fsp3) is 0.545. The van der Waals surface area contributed by atoms with Gasteiger partial charge in [-0.05, 0) is 20.3 Å². The second kappa shape index (κ2) is 5.92. The average Bonchev–Trinajstić information content (AvgIpc) is 2.89. The number of anilines is 1. The maximum Gasteiger partial charge on any atom is 0.196 e. The summed E-state index contributed by atoms with van der Waals surface area (Å²) in [6.07, 6.45) is 1.77. The fourth-order valence-electron chi connectivity index (χ4n) is 1.63. The normalized spacial score (nSPS) is 12.4. The molecule has 2 aromatic heterocycles. The molecule has 0 radical (unpaired) electrons. The molecule has 0 aliphatic rings. The van der Waals surface area contributed by atoms with Crippen LogP contribution in [0.3, 0.4) is 0 Å². The van der Waals surface area contributed by atoms with Crippen LogP contribution in [0.5, 0.6) is 0 Å². The van der Waals surface area contributed by atoms with Crippen molar-refractivity contribution in [3.05, 3.63) is 22.4 Å². The molecule has 7 nitrogen and oxygen atoms in total. The molecule has 0 aromatic carbocycles. The van der Waals surface area contributed by atoms with E-state index < -0.39 is 0 Å². The maximum atomic E-state index is 6.12. The Hall–Kier alpha value is -1.76. The molecule has 0 aliphatic heterocycles. The van der Waals surface area contributed by atoms with E-state index in [9.17, 15) is 0 Å². The van der Waals surface area contributed by atoms with Gasteiger partial charge >= 0.3 is 0 Å². The topological polar surface area (TPSA) is 92.3 Å². The number of nitrogens with zero attached hydrogens (tertiary/aromatic N) is 5. The third kappa shape index (κ3) is 3.17. The van der Waals surface area contributed by atoms with Crippen LogP contribution >= 0.6 is 11.6 Å². The summed E-state index contributed by atoms with van der Waals surface area (Å²) < 4.78 is 0. The van der Waals surface area contributed by atoms with Crippen molar-refractivity contribution in [2.45, 2.75) is 39.7 Å². The molecule has 0 bridgehead atoms. The van der Waals surface area contributed by atoms with Gasteiger partial charge in [0, 0.05) is 12.0 Å². The number of halogens is 1. The minimum absolute atomic E-state index is 0.113. The van der Waals surface area contributed by atoms with Gasteiger partial charge in [0.2, 0.25) is 0 Å². The quantitative estimate of drug-likeness (QED) is 0.815. The van der Waals surface area contributed by atoms with E-state index >= 15 is 0 Å². The molecule has 2 N–H and O–H groups in total. The Labute approximate surface area is 116 Å². The molecule has 1 unspecified atom stereocenters. The van der Waals surface area contributed by atoms with E-state index in [1.54, 1.807) is 0 Å². The number of aryl methyl sites for hydroxylation is 1. The van der Waals surface area contributed by atoms with Gasteiger partial charge in [0.15, 0.2) is 5.82 Å². The SMILES string of the molecule is CCCc1nc(Cl)c(C)c(NC(C)c2nn[nH]n2)n1. The summed E-state index contributed by atoms with van der Waals surface area (Å²) in [4.78, 5) is 8.74. The van der Waals surface area contributed by atoms with E-state index in [2.05, 4.69) is 42.8 Å². The van der Waals surface area contributed by atoms with Crippen LogP contribution in [-0.2, 0) is 6.42 Å². The van der Waals surface area contributed by atoms with Gasteiger partial charge < -0.3 is 5.32 Å². The summed E-state index contributed by atoms with van der Waals surface area (Å²) >= 11 is 6.12. The zero-order valence-electron chi connectivity index (χ0n) is 11.1. The molecule has 2 heterocycles. The number of tetrazole rings is 1. The van der Waals surface area contributed by atoms with E-state index in [1.165, 1.54) is 0 Å². The molecule has 2 rings (SSSR count). The van der Waals surface area contributed by atoms with Crippen LogP contribution in [0, 0.1) is 6.92 Å². The van der Waals surface area contributed by atoms with Gasteiger partial charge in [-0.3, -0.25) is 0 Å². The van der Waals surface area contributed by atoms with Gasteiger partial charge in [-0.25, -0.2) is 9.97 Å². The van der Waals surface area contributed by atoms with E-state index in [1.807, 2.05) is 13.8 Å². The van der Waals surface area contributed by atoms with Gasteiger partial charge in [-0.15, -0.1) is 10.2 Å². The number of hydrogen-bond donors (Lipinski definition) is 2. The number of H-pyrrole nitrogens is 1. The lowest BCUT2D eigenvalue weighted by molar-refractivity contribution is 0.774. The predicted molar refractivity (Wildman–Crippen MR) is 72.0 cm³/mol. The van der Waals surface area contributed by atoms with Crippen LogP contribution in [0.15, 0.2) is 0 Å². The van der Waals surface area contributed by atoms with E-state index in [0.29, 0.717) is 16.8 Å². The third-order valence-corrected chi connectivity index (χ3v) is 3.08. The van der Waals surface area contributed by atoms with Crippen molar-refractivity contribution in [2.75, 3.05) is 5.32 Å². The smallest absolute Gasteiger partial charge is 0.196 e. The van der Waals surface area contributed by atoms with Gasteiger partial charge in [-0.1, -0.05) is 23.7 Å². The largest absolute Gasteiger partial charge is 0.360 e. The Morgan fingerprint density at radius 1 is 1.37 bits per heavy atom. The maximum absolute atomic E-state index is 6.12. The number of aromatic amines is 1. The number of nitrogens with one attached hydrogen (secondary N) is 2. The highest BCUT2D eigenvalue weighted by Crippen LogP contribution is 2.23. The van der Waals surface area contributed by atoms with Crippen LogP contribution in [0.4, 0.5) is 5.82 Å². The number of rotatable bonds is 5. The van der Waals surface area contributed by atoms with Crippen molar-refractivity contribution in [3.63, 3.8) is 0 Å². The minimum atomic E-state index is -0.113. The van der Waals surface area contributed by atoms with Crippen molar-refractivity contribution < 1.29 is 0 Å². The molecule has 0 fully saturated rings. The molecule has 0 spiro atoms. The summed E-state index contributed by atoms with van der Waals surface area (Å²) in [5, 5.41) is 17.5. The lowest BCUT2D eigenvalue weighted by atomic mass is 10.2. The Bertz CT molecular complexity index is 540. The van der Waals surface area contributed by atoms with Crippen LogP contribution in [0.2, 0.25) is 5.15 Å². The lowest BCUT2D eigenvalue weighted by Gasteiger charge is -2.14. The average molecular weight is 282 g/mol. The summed E-state index contributed by atoms with van der Waals surface area (Å²) in [5.74, 6) is 2.02. The standard InChI is InChI=1S/C11H16ClN7/c1-4-5-8-14-9(12)6(2)10(15-8)13-7(3)11-16-18-19-17-11/h7H,4-5H2,1-3H3,(H,13,14,15)(H,16,17,18,19). The van der Waals surface area contributed by atoms with Gasteiger partial charge in [0.25, 0.3) is 0 Å². The summed E-state index contributed by atoms with van der Waals surface area (Å²) in [6, 6.07) is -0.113. The highest BCUT2D eigenvalue weighted by molar-refractivity contribution is 6.30. The van der Waals surface area contributed by atoms with Gasteiger partial charge in [0.1, 0.15) is 16.8 Å². The van der Waals surface area contributed by atoms with E-state index in [0.717, 1.165) is 24.2 Å². The third-order valence-electron chi connectivity index (χ3n) is 2.71. The van der Waals surface area contributed by atoms with E-state index in [-0.39, 0.29) is 6.04 Å². The van der Waals surface area contributed by atoms with Crippen LogP contribution in [0.1, 0.15) is 43.5 Å². The number of hydrogen-bond acceptors (Lipinski definition) is 6. The molecule has 2 aromatic rings. The second-order valence-corrected chi connectivity index (χ2v) is 4.65. The summed E-state index contributed by atoms with van der Waals surface area (Å²) in [5.41, 5.74) is 0.817. The Kier molecular flexibility index (Phi) is 4.26. The molecule has 0 aliphatic carbocycles. The molecule has 8 heteroatoms. The van der Waals surface area contributed by atoms with Crippen LogP contribution in [0.25, 0.3) is 0 Å². The first kappa shape index (κ1) is 13.7. The van der Waals surface area contributed by atoms with Crippen molar-refractivity contribution in [2.24, 2.45) is 0 Å². The molecule has 19 heavy (non-hydrogen) atoms. The second-order valence-electron chi connectivity index (χ2n) is 4.29. The first-order valence-corrected chi connectivity index (χ1v) is 6.52. The van der Waals surface area contributed by atoms with Crippen LogP contribution < -0.4 is 5.32 Å². The van der Waals surface area contributed by atoms with Crippen molar-refractivity contribution in [1.29, 1.82) is 0 Å².